The third-order valence-electron chi connectivity index (χ3n) is 2.52. The van der Waals surface area contributed by atoms with E-state index in [1.807, 2.05) is 13.8 Å². The van der Waals surface area contributed by atoms with E-state index in [4.69, 9.17) is 10.5 Å². The summed E-state index contributed by atoms with van der Waals surface area (Å²) in [5.41, 5.74) is 6.09. The Labute approximate surface area is 107 Å². The van der Waals surface area contributed by atoms with Crippen LogP contribution in [0.4, 0.5) is 5.69 Å². The molecule has 1 amide bonds. The summed E-state index contributed by atoms with van der Waals surface area (Å²) in [6.07, 6.45) is 0.600. The highest BCUT2D eigenvalue weighted by Crippen LogP contribution is 2.27. The van der Waals surface area contributed by atoms with Crippen molar-refractivity contribution in [1.29, 1.82) is 0 Å². The third kappa shape index (κ3) is 3.92. The van der Waals surface area contributed by atoms with Crippen molar-refractivity contribution in [2.24, 2.45) is 11.7 Å². The Morgan fingerprint density at radius 3 is 2.67 bits per heavy atom. The average Bonchev–Trinajstić information content (AvgIpc) is 2.30. The Bertz CT molecular complexity index is 419. The smallest absolute Gasteiger partial charge is 0.241 e. The van der Waals surface area contributed by atoms with Gasteiger partial charge in [0.05, 0.1) is 18.8 Å². The maximum absolute atomic E-state index is 11.8. The van der Waals surface area contributed by atoms with E-state index in [2.05, 4.69) is 5.32 Å². The summed E-state index contributed by atoms with van der Waals surface area (Å²) >= 11 is 0. The molecular formula is C13H20N2O3. The minimum Gasteiger partial charge on any atom is -0.506 e. The van der Waals surface area contributed by atoms with E-state index < -0.39 is 6.04 Å². The molecule has 18 heavy (non-hydrogen) atoms. The highest BCUT2D eigenvalue weighted by atomic mass is 16.5. The van der Waals surface area contributed by atoms with E-state index in [9.17, 15) is 9.90 Å². The second kappa shape index (κ2) is 6.26. The van der Waals surface area contributed by atoms with Crippen LogP contribution in [0.25, 0.3) is 0 Å². The number of nitrogens with one attached hydrogen (secondary N) is 1. The quantitative estimate of drug-likeness (QED) is 0.696. The van der Waals surface area contributed by atoms with Gasteiger partial charge in [0, 0.05) is 6.07 Å². The van der Waals surface area contributed by atoms with Crippen molar-refractivity contribution in [2.75, 3.05) is 12.4 Å². The number of amides is 1. The molecule has 0 unspecified atom stereocenters. The maximum atomic E-state index is 11.8. The van der Waals surface area contributed by atoms with Crippen LogP contribution < -0.4 is 15.8 Å². The zero-order valence-corrected chi connectivity index (χ0v) is 10.9. The molecule has 0 aliphatic carbocycles. The van der Waals surface area contributed by atoms with Crippen molar-refractivity contribution in [1.82, 2.24) is 0 Å². The topological polar surface area (TPSA) is 84.6 Å². The van der Waals surface area contributed by atoms with E-state index in [0.29, 0.717) is 23.8 Å². The first kappa shape index (κ1) is 14.3. The highest BCUT2D eigenvalue weighted by Gasteiger charge is 2.16. The van der Waals surface area contributed by atoms with Gasteiger partial charge in [0.2, 0.25) is 5.91 Å². The minimum atomic E-state index is -0.577. The minimum absolute atomic E-state index is 0.0422. The standard InChI is InChI=1S/C13H20N2O3/c1-8(2)6-10(14)13(17)15-11-5-4-9(18-3)7-12(11)16/h4-5,7-8,10,16H,6,14H2,1-3H3,(H,15,17)/t10-/m1/s1. The molecule has 0 heterocycles. The molecule has 0 radical (unpaired) electrons. The van der Waals surface area contributed by atoms with E-state index in [1.165, 1.54) is 13.2 Å². The summed E-state index contributed by atoms with van der Waals surface area (Å²) in [4.78, 5) is 11.8. The van der Waals surface area contributed by atoms with Crippen LogP contribution in [0.15, 0.2) is 18.2 Å². The fraction of sp³-hybridized carbons (Fsp3) is 0.462. The summed E-state index contributed by atoms with van der Waals surface area (Å²) in [7, 11) is 1.51. The molecule has 0 fully saturated rings. The number of ether oxygens (including phenoxy) is 1. The Hall–Kier alpha value is -1.75. The SMILES string of the molecule is COc1ccc(NC(=O)[C@H](N)CC(C)C)c(O)c1. The van der Waals surface area contributed by atoms with Crippen molar-refractivity contribution < 1.29 is 14.6 Å². The molecule has 1 aromatic rings. The fourth-order valence-electron chi connectivity index (χ4n) is 1.58. The molecule has 4 N–H and O–H groups in total. The number of carbonyl (C=O) groups is 1. The maximum Gasteiger partial charge on any atom is 0.241 e. The third-order valence-corrected chi connectivity index (χ3v) is 2.52. The molecule has 5 heteroatoms. The predicted molar refractivity (Wildman–Crippen MR) is 70.7 cm³/mol. The average molecular weight is 252 g/mol. The molecule has 0 aliphatic rings. The normalized spacial score (nSPS) is 12.3. The number of aromatic hydroxyl groups is 1. The lowest BCUT2D eigenvalue weighted by atomic mass is 10.0. The van der Waals surface area contributed by atoms with Gasteiger partial charge in [0.1, 0.15) is 11.5 Å². The number of hydrogen-bond acceptors (Lipinski definition) is 4. The number of nitrogens with two attached hydrogens (primary N) is 1. The van der Waals surface area contributed by atoms with Crippen LogP contribution in [-0.2, 0) is 4.79 Å². The van der Waals surface area contributed by atoms with Gasteiger partial charge in [-0.3, -0.25) is 4.79 Å². The van der Waals surface area contributed by atoms with Crippen molar-refractivity contribution in [3.05, 3.63) is 18.2 Å². The largest absolute Gasteiger partial charge is 0.506 e. The Morgan fingerprint density at radius 2 is 2.17 bits per heavy atom. The van der Waals surface area contributed by atoms with Gasteiger partial charge in [-0.05, 0) is 24.5 Å². The summed E-state index contributed by atoms with van der Waals surface area (Å²) in [6, 6.07) is 4.09. The van der Waals surface area contributed by atoms with Gasteiger partial charge in [-0.15, -0.1) is 0 Å². The molecule has 1 rings (SSSR count). The van der Waals surface area contributed by atoms with Crippen LogP contribution in [0.3, 0.4) is 0 Å². The first-order valence-electron chi connectivity index (χ1n) is 5.87. The molecule has 0 spiro atoms. The Balaban J connectivity index is 2.70. The van der Waals surface area contributed by atoms with E-state index in [-0.39, 0.29) is 11.7 Å². The van der Waals surface area contributed by atoms with Crippen LogP contribution in [0, 0.1) is 5.92 Å². The molecule has 0 saturated carbocycles. The number of hydrogen-bond donors (Lipinski definition) is 3. The van der Waals surface area contributed by atoms with Crippen LogP contribution >= 0.6 is 0 Å². The Morgan fingerprint density at radius 1 is 1.50 bits per heavy atom. The van der Waals surface area contributed by atoms with Gasteiger partial charge in [0.15, 0.2) is 0 Å². The molecule has 100 valence electrons. The lowest BCUT2D eigenvalue weighted by Gasteiger charge is -2.15. The van der Waals surface area contributed by atoms with Crippen molar-refractivity contribution in [3.63, 3.8) is 0 Å². The van der Waals surface area contributed by atoms with Gasteiger partial charge in [-0.2, -0.15) is 0 Å². The number of methoxy groups -OCH3 is 1. The second-order valence-corrected chi connectivity index (χ2v) is 4.61. The van der Waals surface area contributed by atoms with Gasteiger partial charge in [-0.1, -0.05) is 13.8 Å². The summed E-state index contributed by atoms with van der Waals surface area (Å²) < 4.78 is 4.96. The molecule has 1 atom stereocenters. The number of rotatable bonds is 5. The molecule has 0 aliphatic heterocycles. The predicted octanol–water partition coefficient (Wildman–Crippen LogP) is 1.71. The molecule has 0 saturated heterocycles. The zero-order chi connectivity index (χ0) is 13.7. The first-order chi connectivity index (χ1) is 8.43. The number of phenolic OH excluding ortho intramolecular Hbond substituents is 1. The molecule has 0 bridgehead atoms. The van der Waals surface area contributed by atoms with Crippen molar-refractivity contribution in [3.8, 4) is 11.5 Å². The van der Waals surface area contributed by atoms with Crippen LogP contribution in [0.5, 0.6) is 11.5 Å². The van der Waals surface area contributed by atoms with Crippen molar-refractivity contribution in [2.45, 2.75) is 26.3 Å². The lowest BCUT2D eigenvalue weighted by Crippen LogP contribution is -2.36. The first-order valence-corrected chi connectivity index (χ1v) is 5.87. The van der Waals surface area contributed by atoms with Crippen LogP contribution in [0.1, 0.15) is 20.3 Å². The number of anilines is 1. The van der Waals surface area contributed by atoms with E-state index in [1.54, 1.807) is 12.1 Å². The van der Waals surface area contributed by atoms with E-state index >= 15 is 0 Å². The van der Waals surface area contributed by atoms with Gasteiger partial charge < -0.3 is 20.9 Å². The highest BCUT2D eigenvalue weighted by molar-refractivity contribution is 5.95. The molecule has 0 aromatic heterocycles. The lowest BCUT2D eigenvalue weighted by molar-refractivity contribution is -0.117. The number of phenols is 1. The van der Waals surface area contributed by atoms with Crippen LogP contribution in [0.2, 0.25) is 0 Å². The van der Waals surface area contributed by atoms with Gasteiger partial charge in [0.25, 0.3) is 0 Å². The van der Waals surface area contributed by atoms with Crippen LogP contribution in [-0.4, -0.2) is 24.2 Å². The zero-order valence-electron chi connectivity index (χ0n) is 10.9. The summed E-state index contributed by atoms with van der Waals surface area (Å²) in [6.45, 7) is 4.00. The molecular weight excluding hydrogens is 232 g/mol. The van der Waals surface area contributed by atoms with E-state index in [0.717, 1.165) is 0 Å². The summed E-state index contributed by atoms with van der Waals surface area (Å²) in [5.74, 6) is 0.524. The Kier molecular flexibility index (Phi) is 4.97. The fourth-order valence-corrected chi connectivity index (χ4v) is 1.58. The van der Waals surface area contributed by atoms with Gasteiger partial charge >= 0.3 is 0 Å². The molecule has 5 nitrogen and oxygen atoms in total. The second-order valence-electron chi connectivity index (χ2n) is 4.61. The number of benzene rings is 1. The number of carbonyl (C=O) groups excluding carboxylic acids is 1. The summed E-state index contributed by atoms with van der Waals surface area (Å²) in [5, 5.41) is 12.3. The van der Waals surface area contributed by atoms with Gasteiger partial charge in [-0.25, -0.2) is 0 Å². The molecule has 1 aromatic carbocycles. The van der Waals surface area contributed by atoms with Crippen molar-refractivity contribution >= 4 is 11.6 Å². The monoisotopic (exact) mass is 252 g/mol.